The Balaban J connectivity index is 1.96. The highest BCUT2D eigenvalue weighted by Crippen LogP contribution is 2.31. The van der Waals surface area contributed by atoms with E-state index >= 15 is 0 Å². The molecule has 0 saturated carbocycles. The zero-order valence-corrected chi connectivity index (χ0v) is 12.7. The molecule has 124 valence electrons. The second-order valence-corrected chi connectivity index (χ2v) is 5.39. The Kier molecular flexibility index (Phi) is 4.40. The summed E-state index contributed by atoms with van der Waals surface area (Å²) in [7, 11) is 0. The van der Waals surface area contributed by atoms with Crippen LogP contribution >= 0.6 is 0 Å². The van der Waals surface area contributed by atoms with Gasteiger partial charge in [-0.2, -0.15) is 18.4 Å². The molecule has 2 aromatic rings. The molecule has 0 N–H and O–H groups in total. The normalized spacial score (nSPS) is 15.2. The SMILES string of the molecule is N#Cc1cc(-c2ccc(C(F)(F)F)cc2)nc(N2CCOCC2)c1. The summed E-state index contributed by atoms with van der Waals surface area (Å²) < 4.78 is 43.3. The summed E-state index contributed by atoms with van der Waals surface area (Å²) in [5, 5.41) is 9.21. The highest BCUT2D eigenvalue weighted by molar-refractivity contribution is 5.65. The van der Waals surface area contributed by atoms with Gasteiger partial charge in [0.25, 0.3) is 0 Å². The van der Waals surface area contributed by atoms with E-state index in [-0.39, 0.29) is 0 Å². The number of halogens is 3. The maximum atomic E-state index is 12.7. The average Bonchev–Trinajstić information content (AvgIpc) is 2.61. The Bertz CT molecular complexity index is 760. The van der Waals surface area contributed by atoms with Gasteiger partial charge >= 0.3 is 6.18 Å². The monoisotopic (exact) mass is 333 g/mol. The number of benzene rings is 1. The molecule has 1 aromatic heterocycles. The minimum absolute atomic E-state index is 0.418. The van der Waals surface area contributed by atoms with Crippen LogP contribution in [0.5, 0.6) is 0 Å². The van der Waals surface area contributed by atoms with Gasteiger partial charge in [0, 0.05) is 18.7 Å². The molecule has 24 heavy (non-hydrogen) atoms. The molecule has 3 rings (SSSR count). The van der Waals surface area contributed by atoms with Gasteiger partial charge in [0.2, 0.25) is 0 Å². The highest BCUT2D eigenvalue weighted by Gasteiger charge is 2.30. The van der Waals surface area contributed by atoms with Crippen LogP contribution in [0.15, 0.2) is 36.4 Å². The Hall–Kier alpha value is -2.59. The number of morpholine rings is 1. The lowest BCUT2D eigenvalue weighted by atomic mass is 10.1. The van der Waals surface area contributed by atoms with Crippen molar-refractivity contribution in [2.75, 3.05) is 31.2 Å². The first-order valence-electron chi connectivity index (χ1n) is 7.40. The Labute approximate surface area is 137 Å². The number of hydrogen-bond donors (Lipinski definition) is 0. The number of hydrogen-bond acceptors (Lipinski definition) is 4. The minimum Gasteiger partial charge on any atom is -0.378 e. The summed E-state index contributed by atoms with van der Waals surface area (Å²) in [4.78, 5) is 6.50. The predicted octanol–water partition coefficient (Wildman–Crippen LogP) is 3.48. The third-order valence-corrected chi connectivity index (χ3v) is 3.78. The molecular weight excluding hydrogens is 319 g/mol. The molecule has 0 bridgehead atoms. The van der Waals surface area contributed by atoms with E-state index in [1.54, 1.807) is 12.1 Å². The fourth-order valence-corrected chi connectivity index (χ4v) is 2.51. The molecule has 2 heterocycles. The maximum Gasteiger partial charge on any atom is 0.416 e. The lowest BCUT2D eigenvalue weighted by Gasteiger charge is -2.28. The Morgan fingerprint density at radius 3 is 2.33 bits per heavy atom. The summed E-state index contributed by atoms with van der Waals surface area (Å²) in [5.41, 5.74) is 0.719. The first kappa shape index (κ1) is 16.3. The lowest BCUT2D eigenvalue weighted by Crippen LogP contribution is -2.36. The summed E-state index contributed by atoms with van der Waals surface area (Å²) in [6, 6.07) is 10.1. The highest BCUT2D eigenvalue weighted by atomic mass is 19.4. The van der Waals surface area contributed by atoms with Crippen LogP contribution in [0.25, 0.3) is 11.3 Å². The van der Waals surface area contributed by atoms with Crippen LogP contribution in [0.1, 0.15) is 11.1 Å². The molecule has 1 aliphatic rings. The second kappa shape index (κ2) is 6.49. The number of alkyl halides is 3. The third-order valence-electron chi connectivity index (χ3n) is 3.78. The van der Waals surface area contributed by atoms with Gasteiger partial charge < -0.3 is 9.64 Å². The van der Waals surface area contributed by atoms with Crippen LogP contribution < -0.4 is 4.90 Å². The molecule has 0 spiro atoms. The molecule has 7 heteroatoms. The number of aromatic nitrogens is 1. The van der Waals surface area contributed by atoms with Gasteiger partial charge in [-0.15, -0.1) is 0 Å². The van der Waals surface area contributed by atoms with Gasteiger partial charge in [0.1, 0.15) is 5.82 Å². The first-order chi connectivity index (χ1) is 11.5. The molecular formula is C17H14F3N3O. The van der Waals surface area contributed by atoms with E-state index in [4.69, 9.17) is 4.74 Å². The Morgan fingerprint density at radius 1 is 1.08 bits per heavy atom. The zero-order chi connectivity index (χ0) is 17.2. The maximum absolute atomic E-state index is 12.7. The summed E-state index contributed by atoms with van der Waals surface area (Å²) >= 11 is 0. The topological polar surface area (TPSA) is 49.2 Å². The molecule has 0 atom stereocenters. The lowest BCUT2D eigenvalue weighted by molar-refractivity contribution is -0.137. The fourth-order valence-electron chi connectivity index (χ4n) is 2.51. The van der Waals surface area contributed by atoms with Crippen molar-refractivity contribution in [1.82, 2.24) is 4.98 Å². The summed E-state index contributed by atoms with van der Waals surface area (Å²) in [5.74, 6) is 0.632. The van der Waals surface area contributed by atoms with Gasteiger partial charge in [0.05, 0.1) is 36.1 Å². The van der Waals surface area contributed by atoms with Crippen molar-refractivity contribution in [3.8, 4) is 17.3 Å². The summed E-state index contributed by atoms with van der Waals surface area (Å²) in [6.45, 7) is 2.48. The van der Waals surface area contributed by atoms with Crippen molar-refractivity contribution >= 4 is 5.82 Å². The second-order valence-electron chi connectivity index (χ2n) is 5.39. The van der Waals surface area contributed by atoms with Crippen LogP contribution in [0.2, 0.25) is 0 Å². The van der Waals surface area contributed by atoms with Crippen LogP contribution in [0, 0.1) is 11.3 Å². The van der Waals surface area contributed by atoms with E-state index in [1.165, 1.54) is 12.1 Å². The third kappa shape index (κ3) is 3.49. The largest absolute Gasteiger partial charge is 0.416 e. The van der Waals surface area contributed by atoms with Gasteiger partial charge in [-0.05, 0) is 24.3 Å². The number of ether oxygens (including phenoxy) is 1. The molecule has 1 saturated heterocycles. The molecule has 0 amide bonds. The van der Waals surface area contributed by atoms with Gasteiger partial charge in [-0.1, -0.05) is 12.1 Å². The number of pyridine rings is 1. The van der Waals surface area contributed by atoms with Crippen LogP contribution in [0.3, 0.4) is 0 Å². The molecule has 1 fully saturated rings. The van der Waals surface area contributed by atoms with E-state index in [9.17, 15) is 18.4 Å². The predicted molar refractivity (Wildman–Crippen MR) is 82.4 cm³/mol. The molecule has 0 unspecified atom stereocenters. The van der Waals surface area contributed by atoms with E-state index in [1.807, 2.05) is 4.90 Å². The number of nitriles is 1. The van der Waals surface area contributed by atoms with Crippen molar-refractivity contribution in [2.24, 2.45) is 0 Å². The first-order valence-corrected chi connectivity index (χ1v) is 7.40. The van der Waals surface area contributed by atoms with Crippen LogP contribution in [0.4, 0.5) is 19.0 Å². The fraction of sp³-hybridized carbons (Fsp3) is 0.294. The van der Waals surface area contributed by atoms with E-state index in [2.05, 4.69) is 11.1 Å². The molecule has 1 aromatic carbocycles. The molecule has 1 aliphatic heterocycles. The van der Waals surface area contributed by atoms with Crippen molar-refractivity contribution in [2.45, 2.75) is 6.18 Å². The van der Waals surface area contributed by atoms with E-state index < -0.39 is 11.7 Å². The molecule has 0 aliphatic carbocycles. The quantitative estimate of drug-likeness (QED) is 0.844. The van der Waals surface area contributed by atoms with Gasteiger partial charge in [0.15, 0.2) is 0 Å². The van der Waals surface area contributed by atoms with E-state index in [0.29, 0.717) is 48.9 Å². The number of nitrogens with zero attached hydrogens (tertiary/aromatic N) is 3. The molecule has 0 radical (unpaired) electrons. The van der Waals surface area contributed by atoms with E-state index in [0.717, 1.165) is 12.1 Å². The number of rotatable bonds is 2. The molecule has 4 nitrogen and oxygen atoms in total. The van der Waals surface area contributed by atoms with Gasteiger partial charge in [-0.3, -0.25) is 0 Å². The standard InChI is InChI=1S/C17H14F3N3O/c18-17(19,20)14-3-1-13(2-4-14)15-9-12(11-21)10-16(22-15)23-5-7-24-8-6-23/h1-4,9-10H,5-8H2. The van der Waals surface area contributed by atoms with Crippen molar-refractivity contribution < 1.29 is 17.9 Å². The summed E-state index contributed by atoms with van der Waals surface area (Å²) in [6.07, 6.45) is -4.38. The van der Waals surface area contributed by atoms with Crippen molar-refractivity contribution in [1.29, 1.82) is 5.26 Å². The number of anilines is 1. The van der Waals surface area contributed by atoms with Crippen LogP contribution in [-0.2, 0) is 10.9 Å². The minimum atomic E-state index is -4.38. The van der Waals surface area contributed by atoms with Crippen molar-refractivity contribution in [3.05, 3.63) is 47.5 Å². The smallest absolute Gasteiger partial charge is 0.378 e. The average molecular weight is 333 g/mol. The van der Waals surface area contributed by atoms with Gasteiger partial charge in [-0.25, -0.2) is 4.98 Å². The van der Waals surface area contributed by atoms with Crippen molar-refractivity contribution in [3.63, 3.8) is 0 Å². The Morgan fingerprint density at radius 2 is 1.75 bits per heavy atom. The zero-order valence-electron chi connectivity index (χ0n) is 12.7. The van der Waals surface area contributed by atoms with Crippen LogP contribution in [-0.4, -0.2) is 31.3 Å².